The maximum atomic E-state index is 11.8. The molecule has 0 radical (unpaired) electrons. The molecule has 1 N–H and O–H groups in total. The van der Waals surface area contributed by atoms with Gasteiger partial charge in [0.25, 0.3) is 0 Å². The number of hydroxylamine groups is 2. The van der Waals surface area contributed by atoms with Gasteiger partial charge in [-0.3, -0.25) is 0 Å². The highest BCUT2D eigenvalue weighted by molar-refractivity contribution is 9.10. The Morgan fingerprint density at radius 1 is 1.13 bits per heavy atom. The highest BCUT2D eigenvalue weighted by Gasteiger charge is 2.25. The molecular formula is C20H23BrN4O6. The standard InChI is InChI=1S/C20H23BrN4O6/c1-20(2,3)30-19(28)31-25-10-8-24(9-11-25)18-22-7-6-16(23-18)29-15-12-13(17(26)27)4-5-14(15)21/h4-7,12H,8-11H2,1-3H3,(H,26,27). The van der Waals surface area contributed by atoms with Crippen LogP contribution in [0.3, 0.4) is 0 Å². The molecule has 166 valence electrons. The molecule has 1 fully saturated rings. The Labute approximate surface area is 187 Å². The Hall–Kier alpha value is -2.92. The van der Waals surface area contributed by atoms with Crippen LogP contribution in [0.2, 0.25) is 0 Å². The average Bonchev–Trinajstić information content (AvgIpc) is 2.69. The Kier molecular flexibility index (Phi) is 6.96. The monoisotopic (exact) mass is 494 g/mol. The second-order valence-corrected chi connectivity index (χ2v) is 8.57. The molecule has 0 atom stereocenters. The summed E-state index contributed by atoms with van der Waals surface area (Å²) >= 11 is 3.35. The van der Waals surface area contributed by atoms with Gasteiger partial charge >= 0.3 is 12.1 Å². The summed E-state index contributed by atoms with van der Waals surface area (Å²) in [5.41, 5.74) is -0.514. The highest BCUT2D eigenvalue weighted by atomic mass is 79.9. The predicted octanol–water partition coefficient (Wildman–Crippen LogP) is 3.72. The molecule has 0 spiro atoms. The van der Waals surface area contributed by atoms with Crippen molar-refractivity contribution in [2.24, 2.45) is 0 Å². The number of carboxylic acids is 1. The Morgan fingerprint density at radius 3 is 2.48 bits per heavy atom. The molecule has 1 aromatic heterocycles. The molecule has 1 saturated heterocycles. The molecule has 2 aromatic rings. The van der Waals surface area contributed by atoms with Crippen LogP contribution in [0.25, 0.3) is 0 Å². The molecule has 10 nitrogen and oxygen atoms in total. The number of aromatic carboxylic acids is 1. The van der Waals surface area contributed by atoms with Gasteiger partial charge in [-0.1, -0.05) is 0 Å². The number of rotatable bonds is 5. The van der Waals surface area contributed by atoms with E-state index in [1.807, 2.05) is 4.90 Å². The van der Waals surface area contributed by atoms with Crippen LogP contribution < -0.4 is 9.64 Å². The zero-order chi connectivity index (χ0) is 22.6. The lowest BCUT2D eigenvalue weighted by Gasteiger charge is -2.33. The second kappa shape index (κ2) is 9.48. The third-order valence-electron chi connectivity index (χ3n) is 4.12. The first-order valence-electron chi connectivity index (χ1n) is 9.55. The van der Waals surface area contributed by atoms with Crippen molar-refractivity contribution in [3.63, 3.8) is 0 Å². The zero-order valence-electron chi connectivity index (χ0n) is 17.4. The summed E-state index contributed by atoms with van der Waals surface area (Å²) in [6, 6.07) is 6.08. The van der Waals surface area contributed by atoms with Crippen molar-refractivity contribution >= 4 is 34.0 Å². The second-order valence-electron chi connectivity index (χ2n) is 7.72. The van der Waals surface area contributed by atoms with Gasteiger partial charge in [0.1, 0.15) is 11.4 Å². The van der Waals surface area contributed by atoms with E-state index < -0.39 is 17.7 Å². The molecule has 0 unspecified atom stereocenters. The van der Waals surface area contributed by atoms with Crippen LogP contribution in [0.5, 0.6) is 11.6 Å². The number of halogens is 1. The number of anilines is 1. The van der Waals surface area contributed by atoms with Crippen molar-refractivity contribution < 1.29 is 29.0 Å². The first-order chi connectivity index (χ1) is 14.6. The lowest BCUT2D eigenvalue weighted by atomic mass is 10.2. The van der Waals surface area contributed by atoms with Crippen LogP contribution in [0.1, 0.15) is 31.1 Å². The third-order valence-corrected chi connectivity index (χ3v) is 4.78. The summed E-state index contributed by atoms with van der Waals surface area (Å²) in [6.07, 6.45) is 0.831. The summed E-state index contributed by atoms with van der Waals surface area (Å²) in [6.45, 7) is 7.30. The van der Waals surface area contributed by atoms with Gasteiger partial charge in [-0.05, 0) is 54.9 Å². The largest absolute Gasteiger partial charge is 0.528 e. The molecule has 1 aromatic carbocycles. The van der Waals surface area contributed by atoms with E-state index in [0.29, 0.717) is 42.3 Å². The van der Waals surface area contributed by atoms with Crippen molar-refractivity contribution in [2.75, 3.05) is 31.1 Å². The van der Waals surface area contributed by atoms with Crippen LogP contribution in [0.4, 0.5) is 10.7 Å². The van der Waals surface area contributed by atoms with E-state index in [1.165, 1.54) is 12.1 Å². The van der Waals surface area contributed by atoms with Crippen molar-refractivity contribution in [1.29, 1.82) is 0 Å². The van der Waals surface area contributed by atoms with Gasteiger partial charge in [0.2, 0.25) is 11.8 Å². The van der Waals surface area contributed by atoms with Crippen LogP contribution in [-0.2, 0) is 9.57 Å². The van der Waals surface area contributed by atoms with E-state index >= 15 is 0 Å². The van der Waals surface area contributed by atoms with Crippen molar-refractivity contribution in [2.45, 2.75) is 26.4 Å². The van der Waals surface area contributed by atoms with E-state index in [1.54, 1.807) is 44.2 Å². The lowest BCUT2D eigenvalue weighted by Crippen LogP contribution is -2.48. The van der Waals surface area contributed by atoms with E-state index in [9.17, 15) is 9.59 Å². The van der Waals surface area contributed by atoms with Crippen LogP contribution in [0.15, 0.2) is 34.9 Å². The quantitative estimate of drug-likeness (QED) is 0.616. The molecule has 0 aliphatic carbocycles. The van der Waals surface area contributed by atoms with E-state index in [4.69, 9.17) is 19.4 Å². The summed E-state index contributed by atoms with van der Waals surface area (Å²) in [7, 11) is 0. The Bertz CT molecular complexity index is 957. The molecule has 0 bridgehead atoms. The number of piperazine rings is 1. The average molecular weight is 495 g/mol. The number of aromatic nitrogens is 2. The summed E-state index contributed by atoms with van der Waals surface area (Å²) < 4.78 is 11.5. The van der Waals surface area contributed by atoms with Gasteiger partial charge in [-0.25, -0.2) is 14.6 Å². The predicted molar refractivity (Wildman–Crippen MR) is 114 cm³/mol. The number of nitrogens with zero attached hydrogens (tertiary/aromatic N) is 4. The van der Waals surface area contributed by atoms with Crippen LogP contribution >= 0.6 is 15.9 Å². The Morgan fingerprint density at radius 2 is 1.84 bits per heavy atom. The fraction of sp³-hybridized carbons (Fsp3) is 0.400. The Balaban J connectivity index is 1.61. The van der Waals surface area contributed by atoms with Crippen molar-refractivity contribution in [1.82, 2.24) is 15.0 Å². The molecular weight excluding hydrogens is 472 g/mol. The van der Waals surface area contributed by atoms with Crippen LogP contribution in [0, 0.1) is 0 Å². The SMILES string of the molecule is CC(C)(C)OC(=O)ON1CCN(c2nccc(Oc3cc(C(=O)O)ccc3Br)n2)CC1. The van der Waals surface area contributed by atoms with Gasteiger partial charge in [-0.2, -0.15) is 4.98 Å². The topological polar surface area (TPSA) is 114 Å². The number of hydrogen-bond donors (Lipinski definition) is 1. The normalized spacial score (nSPS) is 14.8. The summed E-state index contributed by atoms with van der Waals surface area (Å²) in [5.74, 6) is 0.0212. The van der Waals surface area contributed by atoms with Gasteiger partial charge in [0.05, 0.1) is 23.1 Å². The molecule has 3 rings (SSSR count). The molecule has 11 heteroatoms. The fourth-order valence-electron chi connectivity index (χ4n) is 2.72. The first kappa shape index (κ1) is 22.8. The summed E-state index contributed by atoms with van der Waals surface area (Å²) in [5, 5.41) is 10.7. The minimum atomic E-state index is -1.05. The maximum Gasteiger partial charge on any atom is 0.528 e. The van der Waals surface area contributed by atoms with Gasteiger partial charge in [-0.15, -0.1) is 5.06 Å². The number of ether oxygens (including phenoxy) is 2. The summed E-state index contributed by atoms with van der Waals surface area (Å²) in [4.78, 5) is 38.9. The number of carbonyl (C=O) groups is 2. The third kappa shape index (κ3) is 6.53. The number of hydrogen-bond acceptors (Lipinski definition) is 9. The molecule has 31 heavy (non-hydrogen) atoms. The van der Waals surface area contributed by atoms with E-state index in [-0.39, 0.29) is 11.4 Å². The molecule has 1 aliphatic heterocycles. The fourth-order valence-corrected chi connectivity index (χ4v) is 3.05. The smallest absolute Gasteiger partial charge is 0.478 e. The maximum absolute atomic E-state index is 11.8. The highest BCUT2D eigenvalue weighted by Crippen LogP contribution is 2.30. The van der Waals surface area contributed by atoms with Gasteiger partial charge < -0.3 is 24.3 Å². The van der Waals surface area contributed by atoms with Crippen molar-refractivity contribution in [3.05, 3.63) is 40.5 Å². The molecule has 0 saturated carbocycles. The number of carboxylic acid groups (broad SMARTS) is 1. The van der Waals surface area contributed by atoms with E-state index in [0.717, 1.165) is 0 Å². The van der Waals surface area contributed by atoms with Crippen molar-refractivity contribution in [3.8, 4) is 11.6 Å². The molecule has 0 amide bonds. The minimum absolute atomic E-state index is 0.105. The van der Waals surface area contributed by atoms with Gasteiger partial charge in [0, 0.05) is 25.4 Å². The number of benzene rings is 1. The molecule has 2 heterocycles. The molecule has 1 aliphatic rings. The van der Waals surface area contributed by atoms with E-state index in [2.05, 4.69) is 25.9 Å². The minimum Gasteiger partial charge on any atom is -0.478 e. The first-order valence-corrected chi connectivity index (χ1v) is 10.3. The zero-order valence-corrected chi connectivity index (χ0v) is 19.0. The van der Waals surface area contributed by atoms with Gasteiger partial charge in [0.15, 0.2) is 0 Å². The van der Waals surface area contributed by atoms with Crippen LogP contribution in [-0.4, -0.2) is 64.0 Å². The number of carbonyl (C=O) groups excluding carboxylic acids is 1. The lowest BCUT2D eigenvalue weighted by molar-refractivity contribution is -0.144.